The minimum atomic E-state index is -1.06. The summed E-state index contributed by atoms with van der Waals surface area (Å²) >= 11 is 6.18. The highest BCUT2D eigenvalue weighted by Gasteiger charge is 2.20. The van der Waals surface area contributed by atoms with Crippen LogP contribution in [0.25, 0.3) is 0 Å². The van der Waals surface area contributed by atoms with Gasteiger partial charge in [0.15, 0.2) is 0 Å². The van der Waals surface area contributed by atoms with Gasteiger partial charge in [-0.2, -0.15) is 0 Å². The molecule has 0 saturated carbocycles. The van der Waals surface area contributed by atoms with Crippen molar-refractivity contribution in [1.82, 2.24) is 0 Å². The van der Waals surface area contributed by atoms with E-state index in [0.717, 1.165) is 5.76 Å². The third-order valence-corrected chi connectivity index (χ3v) is 3.23. The maximum Gasteiger partial charge on any atom is 0.337 e. The van der Waals surface area contributed by atoms with E-state index in [1.165, 1.54) is 6.07 Å². The van der Waals surface area contributed by atoms with Gasteiger partial charge in [-0.05, 0) is 31.2 Å². The molecule has 20 heavy (non-hydrogen) atoms. The second-order valence-corrected chi connectivity index (χ2v) is 4.70. The minimum Gasteiger partial charge on any atom is -0.478 e. The zero-order valence-electron chi connectivity index (χ0n) is 11.0. The predicted octanol–water partition coefficient (Wildman–Crippen LogP) is 3.24. The number of nitrogen functional groups attached to an aromatic ring is 1. The normalized spacial score (nSPS) is 10.5. The molecule has 3 N–H and O–H groups in total. The molecule has 5 nitrogen and oxygen atoms in total. The molecule has 0 spiro atoms. The van der Waals surface area contributed by atoms with Crippen molar-refractivity contribution >= 4 is 28.9 Å². The number of halogens is 1. The number of carboxylic acids is 1. The first kappa shape index (κ1) is 14.3. The number of aromatic carboxylic acids is 1. The van der Waals surface area contributed by atoms with Gasteiger partial charge in [0.05, 0.1) is 29.1 Å². The predicted molar refractivity (Wildman–Crippen MR) is 78.3 cm³/mol. The number of nitrogens with zero attached hydrogens (tertiary/aromatic N) is 1. The molecule has 1 heterocycles. The van der Waals surface area contributed by atoms with Gasteiger partial charge in [-0.3, -0.25) is 0 Å². The fourth-order valence-electron chi connectivity index (χ4n) is 2.04. The van der Waals surface area contributed by atoms with Gasteiger partial charge in [0, 0.05) is 12.2 Å². The molecule has 0 bridgehead atoms. The molecule has 0 saturated heterocycles. The summed E-state index contributed by atoms with van der Waals surface area (Å²) in [5, 5.41) is 9.64. The number of carboxylic acid groups (broad SMARTS) is 1. The zero-order chi connectivity index (χ0) is 14.7. The molecule has 0 aliphatic rings. The second kappa shape index (κ2) is 5.88. The van der Waals surface area contributed by atoms with Gasteiger partial charge in [-0.15, -0.1) is 0 Å². The van der Waals surface area contributed by atoms with Gasteiger partial charge in [0.25, 0.3) is 0 Å². The maximum atomic E-state index is 11.4. The molecule has 0 aliphatic heterocycles. The number of benzene rings is 1. The van der Waals surface area contributed by atoms with Crippen LogP contribution in [0.4, 0.5) is 11.4 Å². The van der Waals surface area contributed by atoms with Crippen molar-refractivity contribution in [2.24, 2.45) is 0 Å². The van der Waals surface area contributed by atoms with Crippen LogP contribution in [0.5, 0.6) is 0 Å². The Labute approximate surface area is 121 Å². The van der Waals surface area contributed by atoms with Crippen LogP contribution in [0.2, 0.25) is 5.02 Å². The minimum absolute atomic E-state index is 0.0865. The van der Waals surface area contributed by atoms with Gasteiger partial charge in [0.2, 0.25) is 0 Å². The molecule has 2 aromatic rings. The van der Waals surface area contributed by atoms with E-state index in [9.17, 15) is 9.90 Å². The van der Waals surface area contributed by atoms with Crippen LogP contribution in [0, 0.1) is 0 Å². The number of rotatable bonds is 5. The van der Waals surface area contributed by atoms with Crippen molar-refractivity contribution in [3.05, 3.63) is 46.9 Å². The topological polar surface area (TPSA) is 79.7 Å². The second-order valence-electron chi connectivity index (χ2n) is 4.30. The van der Waals surface area contributed by atoms with Crippen molar-refractivity contribution in [1.29, 1.82) is 0 Å². The third kappa shape index (κ3) is 2.88. The molecule has 0 amide bonds. The summed E-state index contributed by atoms with van der Waals surface area (Å²) in [6, 6.07) is 6.57. The van der Waals surface area contributed by atoms with E-state index in [-0.39, 0.29) is 5.56 Å². The van der Waals surface area contributed by atoms with E-state index in [1.54, 1.807) is 18.4 Å². The summed E-state index contributed by atoms with van der Waals surface area (Å²) < 4.78 is 5.29. The summed E-state index contributed by atoms with van der Waals surface area (Å²) in [5.41, 5.74) is 6.52. The van der Waals surface area contributed by atoms with Gasteiger partial charge >= 0.3 is 5.97 Å². The highest BCUT2D eigenvalue weighted by molar-refractivity contribution is 6.34. The average Bonchev–Trinajstić information content (AvgIpc) is 2.88. The fourth-order valence-corrected chi connectivity index (χ4v) is 2.39. The van der Waals surface area contributed by atoms with E-state index < -0.39 is 5.97 Å². The number of carbonyl (C=O) groups is 1. The summed E-state index contributed by atoms with van der Waals surface area (Å²) in [6.07, 6.45) is 1.58. The highest BCUT2D eigenvalue weighted by Crippen LogP contribution is 2.33. The van der Waals surface area contributed by atoms with Crippen LogP contribution in [-0.2, 0) is 6.54 Å². The third-order valence-electron chi connectivity index (χ3n) is 2.94. The van der Waals surface area contributed by atoms with Crippen molar-refractivity contribution < 1.29 is 14.3 Å². The van der Waals surface area contributed by atoms with E-state index in [1.807, 2.05) is 17.9 Å². The molecule has 0 unspecified atom stereocenters. The zero-order valence-corrected chi connectivity index (χ0v) is 11.7. The van der Waals surface area contributed by atoms with Gasteiger partial charge in [0.1, 0.15) is 5.76 Å². The first-order valence-corrected chi connectivity index (χ1v) is 6.50. The van der Waals surface area contributed by atoms with E-state index >= 15 is 0 Å². The Balaban J connectivity index is 2.45. The highest BCUT2D eigenvalue weighted by atomic mass is 35.5. The van der Waals surface area contributed by atoms with E-state index in [4.69, 9.17) is 21.8 Å². The summed E-state index contributed by atoms with van der Waals surface area (Å²) in [5.74, 6) is -0.330. The molecular formula is C14H15ClN2O3. The van der Waals surface area contributed by atoms with Crippen LogP contribution in [-0.4, -0.2) is 17.6 Å². The first-order chi connectivity index (χ1) is 9.52. The lowest BCUT2D eigenvalue weighted by Gasteiger charge is -2.25. The molecule has 0 atom stereocenters. The number of hydrogen-bond acceptors (Lipinski definition) is 4. The maximum absolute atomic E-state index is 11.4. The number of anilines is 2. The monoisotopic (exact) mass is 294 g/mol. The van der Waals surface area contributed by atoms with Crippen LogP contribution >= 0.6 is 11.6 Å². The van der Waals surface area contributed by atoms with Crippen molar-refractivity contribution in [3.63, 3.8) is 0 Å². The molecule has 2 rings (SSSR count). The van der Waals surface area contributed by atoms with Crippen LogP contribution < -0.4 is 10.6 Å². The summed E-state index contributed by atoms with van der Waals surface area (Å²) in [7, 11) is 0. The Hall–Kier alpha value is -2.14. The van der Waals surface area contributed by atoms with Gasteiger partial charge < -0.3 is 20.2 Å². The first-order valence-electron chi connectivity index (χ1n) is 6.12. The molecule has 0 fully saturated rings. The quantitative estimate of drug-likeness (QED) is 0.828. The molecular weight excluding hydrogens is 280 g/mol. The van der Waals surface area contributed by atoms with Gasteiger partial charge in [-0.25, -0.2) is 4.79 Å². The Morgan fingerprint density at radius 1 is 1.50 bits per heavy atom. The molecule has 0 aliphatic carbocycles. The largest absolute Gasteiger partial charge is 0.478 e. The lowest BCUT2D eigenvalue weighted by Crippen LogP contribution is -2.24. The Bertz CT molecular complexity index is 611. The van der Waals surface area contributed by atoms with Crippen LogP contribution in [0.1, 0.15) is 23.0 Å². The number of nitrogens with two attached hydrogens (primary N) is 1. The standard InChI is InChI=1S/C14H15ClN2O3/c1-2-17(8-10-4-3-5-20-10)13-11(14(18)19)6-9(16)7-12(13)15/h3-7H,2,8,16H2,1H3,(H,18,19). The average molecular weight is 295 g/mol. The van der Waals surface area contributed by atoms with Crippen LogP contribution in [0.3, 0.4) is 0 Å². The Morgan fingerprint density at radius 3 is 2.80 bits per heavy atom. The summed E-state index contributed by atoms with van der Waals surface area (Å²) in [4.78, 5) is 13.2. The van der Waals surface area contributed by atoms with Gasteiger partial charge in [-0.1, -0.05) is 11.6 Å². The van der Waals surface area contributed by atoms with Crippen molar-refractivity contribution in [3.8, 4) is 0 Å². The lowest BCUT2D eigenvalue weighted by molar-refractivity contribution is 0.0697. The Morgan fingerprint density at radius 2 is 2.25 bits per heavy atom. The smallest absolute Gasteiger partial charge is 0.337 e. The molecule has 1 aromatic heterocycles. The lowest BCUT2D eigenvalue weighted by atomic mass is 10.1. The number of furan rings is 1. The van der Waals surface area contributed by atoms with E-state index in [2.05, 4.69) is 0 Å². The van der Waals surface area contributed by atoms with Crippen molar-refractivity contribution in [2.45, 2.75) is 13.5 Å². The number of hydrogen-bond donors (Lipinski definition) is 2. The van der Waals surface area contributed by atoms with Crippen LogP contribution in [0.15, 0.2) is 34.9 Å². The Kier molecular flexibility index (Phi) is 4.20. The molecule has 0 radical (unpaired) electrons. The fraction of sp³-hybridized carbons (Fsp3) is 0.214. The van der Waals surface area contributed by atoms with Crippen molar-refractivity contribution in [2.75, 3.05) is 17.2 Å². The van der Waals surface area contributed by atoms with E-state index in [0.29, 0.717) is 29.5 Å². The molecule has 106 valence electrons. The SMILES string of the molecule is CCN(Cc1ccco1)c1c(Cl)cc(N)cc1C(=O)O. The molecule has 1 aromatic carbocycles. The molecule has 6 heteroatoms. The summed E-state index contributed by atoms with van der Waals surface area (Å²) in [6.45, 7) is 2.94.